The van der Waals surface area contributed by atoms with Crippen molar-refractivity contribution >= 4 is 0 Å². The van der Waals surface area contributed by atoms with Crippen LogP contribution >= 0.6 is 0 Å². The van der Waals surface area contributed by atoms with Crippen LogP contribution in [0.1, 0.15) is 32.0 Å². The summed E-state index contributed by atoms with van der Waals surface area (Å²) in [7, 11) is 1.63. The maximum Gasteiger partial charge on any atom is 0.237 e. The molecule has 21 heavy (non-hydrogen) atoms. The lowest BCUT2D eigenvalue weighted by atomic mass is 9.86. The molecule has 0 fully saturated rings. The minimum absolute atomic E-state index is 0.107. The first kappa shape index (κ1) is 14.8. The highest BCUT2D eigenvalue weighted by molar-refractivity contribution is 5.45. The van der Waals surface area contributed by atoms with Crippen molar-refractivity contribution in [1.29, 1.82) is 5.26 Å². The van der Waals surface area contributed by atoms with E-state index < -0.39 is 0 Å². The van der Waals surface area contributed by atoms with Crippen LogP contribution in [0.2, 0.25) is 0 Å². The summed E-state index contributed by atoms with van der Waals surface area (Å²) in [6, 6.07) is 7.56. The zero-order chi connectivity index (χ0) is 15.5. The van der Waals surface area contributed by atoms with Crippen molar-refractivity contribution in [2.75, 3.05) is 7.11 Å². The van der Waals surface area contributed by atoms with Gasteiger partial charge in [0.2, 0.25) is 5.88 Å². The van der Waals surface area contributed by atoms with E-state index in [9.17, 15) is 0 Å². The minimum Gasteiger partial charge on any atom is -0.497 e. The molecule has 2 rings (SSSR count). The van der Waals surface area contributed by atoms with Crippen LogP contribution in [0.15, 0.2) is 30.6 Å². The summed E-state index contributed by atoms with van der Waals surface area (Å²) >= 11 is 0. The predicted molar refractivity (Wildman–Crippen MR) is 78.5 cm³/mol. The van der Waals surface area contributed by atoms with E-state index in [4.69, 9.17) is 14.7 Å². The molecule has 0 spiro atoms. The van der Waals surface area contributed by atoms with Gasteiger partial charge < -0.3 is 9.47 Å². The molecule has 0 atom stereocenters. The molecule has 0 radical (unpaired) electrons. The van der Waals surface area contributed by atoms with Crippen molar-refractivity contribution < 1.29 is 9.47 Å². The molecule has 0 bridgehead atoms. The lowest BCUT2D eigenvalue weighted by molar-refractivity contribution is 0.405. The summed E-state index contributed by atoms with van der Waals surface area (Å²) in [5.41, 5.74) is 1.16. The van der Waals surface area contributed by atoms with E-state index in [0.29, 0.717) is 11.6 Å². The number of hydrogen-bond donors (Lipinski definition) is 0. The van der Waals surface area contributed by atoms with Crippen molar-refractivity contribution in [3.8, 4) is 23.4 Å². The number of hydrogen-bond acceptors (Lipinski definition) is 5. The topological polar surface area (TPSA) is 68.0 Å². The third kappa shape index (κ3) is 3.48. The van der Waals surface area contributed by atoms with Crippen LogP contribution in [0.5, 0.6) is 17.4 Å². The van der Waals surface area contributed by atoms with Crippen molar-refractivity contribution in [1.82, 2.24) is 9.97 Å². The summed E-state index contributed by atoms with van der Waals surface area (Å²) < 4.78 is 11.1. The molecular formula is C16H17N3O2. The SMILES string of the molecule is COc1ccc(Oc2cnc(C#N)cn2)c(C(C)(C)C)c1. The highest BCUT2D eigenvalue weighted by Crippen LogP contribution is 2.36. The maximum atomic E-state index is 8.72. The van der Waals surface area contributed by atoms with Gasteiger partial charge in [-0.3, -0.25) is 0 Å². The van der Waals surface area contributed by atoms with Gasteiger partial charge in [0, 0.05) is 5.56 Å². The van der Waals surface area contributed by atoms with Gasteiger partial charge in [-0.1, -0.05) is 20.8 Å². The highest BCUT2D eigenvalue weighted by atomic mass is 16.5. The van der Waals surface area contributed by atoms with E-state index in [-0.39, 0.29) is 11.1 Å². The summed E-state index contributed by atoms with van der Waals surface area (Å²) in [4.78, 5) is 8.02. The Bertz CT molecular complexity index is 667. The van der Waals surface area contributed by atoms with Crippen LogP contribution in [0.3, 0.4) is 0 Å². The van der Waals surface area contributed by atoms with Gasteiger partial charge in [0.25, 0.3) is 0 Å². The Morgan fingerprint density at radius 1 is 1.14 bits per heavy atom. The normalized spacial score (nSPS) is 10.8. The van der Waals surface area contributed by atoms with Crippen LogP contribution in [0.4, 0.5) is 0 Å². The third-order valence-corrected chi connectivity index (χ3v) is 2.95. The molecule has 0 saturated carbocycles. The second-order valence-electron chi connectivity index (χ2n) is 5.57. The molecule has 1 aromatic carbocycles. The summed E-state index contributed by atoms with van der Waals surface area (Å²) in [6.07, 6.45) is 2.82. The van der Waals surface area contributed by atoms with E-state index in [1.807, 2.05) is 24.3 Å². The van der Waals surface area contributed by atoms with E-state index in [2.05, 4.69) is 30.7 Å². The Hall–Kier alpha value is -2.61. The Balaban J connectivity index is 2.36. The van der Waals surface area contributed by atoms with Crippen molar-refractivity contribution in [3.05, 3.63) is 41.9 Å². The van der Waals surface area contributed by atoms with Gasteiger partial charge in [0.15, 0.2) is 5.69 Å². The smallest absolute Gasteiger partial charge is 0.237 e. The standard InChI is InChI=1S/C16H17N3O2/c1-16(2,3)13-7-12(20-4)5-6-14(13)21-15-10-18-11(8-17)9-19-15/h5-7,9-10H,1-4H3. The van der Waals surface area contributed by atoms with Crippen LogP contribution in [0.25, 0.3) is 0 Å². The first-order valence-electron chi connectivity index (χ1n) is 6.52. The zero-order valence-electron chi connectivity index (χ0n) is 12.5. The highest BCUT2D eigenvalue weighted by Gasteiger charge is 2.20. The molecular weight excluding hydrogens is 266 g/mol. The largest absolute Gasteiger partial charge is 0.497 e. The fourth-order valence-corrected chi connectivity index (χ4v) is 1.85. The van der Waals surface area contributed by atoms with E-state index in [0.717, 1.165) is 11.3 Å². The van der Waals surface area contributed by atoms with Gasteiger partial charge in [-0.2, -0.15) is 5.26 Å². The van der Waals surface area contributed by atoms with Gasteiger partial charge in [-0.15, -0.1) is 0 Å². The van der Waals surface area contributed by atoms with Crippen LogP contribution < -0.4 is 9.47 Å². The van der Waals surface area contributed by atoms with Crippen LogP contribution in [-0.4, -0.2) is 17.1 Å². The van der Waals surface area contributed by atoms with Crippen molar-refractivity contribution in [2.24, 2.45) is 0 Å². The van der Waals surface area contributed by atoms with Crippen LogP contribution in [0, 0.1) is 11.3 Å². The van der Waals surface area contributed by atoms with Gasteiger partial charge in [0.05, 0.1) is 19.5 Å². The molecule has 108 valence electrons. The third-order valence-electron chi connectivity index (χ3n) is 2.95. The summed E-state index contributed by atoms with van der Waals surface area (Å²) in [5.74, 6) is 1.82. The van der Waals surface area contributed by atoms with Crippen LogP contribution in [-0.2, 0) is 5.41 Å². The summed E-state index contributed by atoms with van der Waals surface area (Å²) in [5, 5.41) is 8.72. The number of nitriles is 1. The molecule has 1 aromatic heterocycles. The second kappa shape index (κ2) is 5.80. The molecule has 0 amide bonds. The number of rotatable bonds is 3. The Morgan fingerprint density at radius 3 is 2.43 bits per heavy atom. The summed E-state index contributed by atoms with van der Waals surface area (Å²) in [6.45, 7) is 6.29. The average molecular weight is 283 g/mol. The molecule has 2 aromatic rings. The number of methoxy groups -OCH3 is 1. The number of nitrogens with zero attached hydrogens (tertiary/aromatic N) is 3. The second-order valence-corrected chi connectivity index (χ2v) is 5.57. The van der Waals surface area contributed by atoms with Gasteiger partial charge in [-0.05, 0) is 23.6 Å². The molecule has 0 aliphatic carbocycles. The Kier molecular flexibility index (Phi) is 4.08. The molecule has 5 heteroatoms. The van der Waals surface area contributed by atoms with E-state index >= 15 is 0 Å². The molecule has 5 nitrogen and oxygen atoms in total. The lowest BCUT2D eigenvalue weighted by Crippen LogP contribution is -2.13. The molecule has 0 aliphatic heterocycles. The average Bonchev–Trinajstić information content (AvgIpc) is 2.47. The monoisotopic (exact) mass is 283 g/mol. The fraction of sp³-hybridized carbons (Fsp3) is 0.312. The molecule has 0 N–H and O–H groups in total. The van der Waals surface area contributed by atoms with Crippen molar-refractivity contribution in [3.63, 3.8) is 0 Å². The number of ether oxygens (including phenoxy) is 2. The number of benzene rings is 1. The molecule has 1 heterocycles. The fourth-order valence-electron chi connectivity index (χ4n) is 1.85. The van der Waals surface area contributed by atoms with Gasteiger partial charge >= 0.3 is 0 Å². The minimum atomic E-state index is -0.107. The zero-order valence-corrected chi connectivity index (χ0v) is 12.5. The Labute approximate surface area is 124 Å². The maximum absolute atomic E-state index is 8.72. The van der Waals surface area contributed by atoms with E-state index in [1.54, 1.807) is 7.11 Å². The first-order valence-corrected chi connectivity index (χ1v) is 6.52. The molecule has 0 saturated heterocycles. The van der Waals surface area contributed by atoms with Crippen molar-refractivity contribution in [2.45, 2.75) is 26.2 Å². The lowest BCUT2D eigenvalue weighted by Gasteiger charge is -2.23. The number of aromatic nitrogens is 2. The Morgan fingerprint density at radius 2 is 1.90 bits per heavy atom. The quantitative estimate of drug-likeness (QED) is 0.863. The van der Waals surface area contributed by atoms with Gasteiger partial charge in [-0.25, -0.2) is 9.97 Å². The first-order chi connectivity index (χ1) is 9.94. The van der Waals surface area contributed by atoms with E-state index in [1.165, 1.54) is 12.4 Å². The van der Waals surface area contributed by atoms with Gasteiger partial charge in [0.1, 0.15) is 17.6 Å². The predicted octanol–water partition coefficient (Wildman–Crippen LogP) is 3.45. The molecule has 0 unspecified atom stereocenters. The molecule has 0 aliphatic rings.